The first-order valence-electron chi connectivity index (χ1n) is 13.3. The lowest BCUT2D eigenvalue weighted by Crippen LogP contribution is -2.43. The quantitative estimate of drug-likeness (QED) is 0.314. The summed E-state index contributed by atoms with van der Waals surface area (Å²) in [6, 6.07) is 22.5. The molecule has 38 heavy (non-hydrogen) atoms. The maximum atomic E-state index is 10.4. The number of fused-ring (bicyclic) bond motifs is 5. The van der Waals surface area contributed by atoms with Gasteiger partial charge in [0, 0.05) is 0 Å². The van der Waals surface area contributed by atoms with E-state index in [2.05, 4.69) is 13.0 Å². The van der Waals surface area contributed by atoms with Gasteiger partial charge in [-0.2, -0.15) is 0 Å². The Morgan fingerprint density at radius 3 is 1.89 bits per heavy atom. The molecule has 5 atom stereocenters. The summed E-state index contributed by atoms with van der Waals surface area (Å²) in [6.45, 7) is 2.32. The molecular weight excluding hydrogens is 480 g/mol. The van der Waals surface area contributed by atoms with Crippen LogP contribution in [0.25, 0.3) is 0 Å². The largest absolute Gasteiger partial charge is 0.508 e. The number of benzene rings is 3. The maximum Gasteiger partial charge on any atom is 0.335 e. The van der Waals surface area contributed by atoms with Crippen LogP contribution in [0.15, 0.2) is 78.9 Å². The van der Waals surface area contributed by atoms with Crippen molar-refractivity contribution in [2.75, 3.05) is 0 Å². The van der Waals surface area contributed by atoms with Crippen LogP contribution in [-0.2, 0) is 6.42 Å². The van der Waals surface area contributed by atoms with E-state index < -0.39 is 11.9 Å². The van der Waals surface area contributed by atoms with E-state index in [0.29, 0.717) is 28.7 Å². The first-order valence-corrected chi connectivity index (χ1v) is 13.3. The predicted molar refractivity (Wildman–Crippen MR) is 146 cm³/mol. The second-order valence-electron chi connectivity index (χ2n) is 10.8. The second-order valence-corrected chi connectivity index (χ2v) is 10.8. The van der Waals surface area contributed by atoms with Gasteiger partial charge < -0.3 is 20.4 Å². The molecule has 2 saturated carbocycles. The summed E-state index contributed by atoms with van der Waals surface area (Å²) in [5.74, 6) is 0.731. The van der Waals surface area contributed by atoms with Crippen LogP contribution in [0.1, 0.15) is 76.8 Å². The van der Waals surface area contributed by atoms with Gasteiger partial charge >= 0.3 is 11.9 Å². The number of aromatic hydroxyl groups is 1. The van der Waals surface area contributed by atoms with Crippen molar-refractivity contribution in [2.45, 2.75) is 57.5 Å². The van der Waals surface area contributed by atoms with Gasteiger partial charge in [0.15, 0.2) is 0 Å². The van der Waals surface area contributed by atoms with Crippen LogP contribution in [0.4, 0.5) is 0 Å². The van der Waals surface area contributed by atoms with Gasteiger partial charge in [0.05, 0.1) is 17.2 Å². The highest BCUT2D eigenvalue weighted by atomic mass is 16.4. The Hall–Kier alpha value is -3.64. The summed E-state index contributed by atoms with van der Waals surface area (Å²) in [7, 11) is 0. The second kappa shape index (κ2) is 11.8. The molecule has 0 aromatic heterocycles. The summed E-state index contributed by atoms with van der Waals surface area (Å²) < 4.78 is 0. The molecule has 3 aliphatic carbocycles. The third kappa shape index (κ3) is 5.91. The van der Waals surface area contributed by atoms with E-state index in [9.17, 15) is 19.8 Å². The van der Waals surface area contributed by atoms with Crippen molar-refractivity contribution in [3.8, 4) is 5.75 Å². The molecule has 0 heterocycles. The number of aliphatic hydroxyl groups is 1. The van der Waals surface area contributed by atoms with E-state index in [1.807, 2.05) is 12.1 Å². The fraction of sp³-hybridized carbons (Fsp3) is 0.375. The van der Waals surface area contributed by atoms with Crippen LogP contribution in [0.5, 0.6) is 5.75 Å². The van der Waals surface area contributed by atoms with Crippen LogP contribution in [0.3, 0.4) is 0 Å². The zero-order chi connectivity index (χ0) is 27.3. The Labute approximate surface area is 223 Å². The topological polar surface area (TPSA) is 115 Å². The van der Waals surface area contributed by atoms with Crippen molar-refractivity contribution in [1.29, 1.82) is 0 Å². The first kappa shape index (κ1) is 27.4. The molecule has 3 aliphatic rings. The van der Waals surface area contributed by atoms with E-state index in [1.165, 1.54) is 30.4 Å². The van der Waals surface area contributed by atoms with E-state index in [0.717, 1.165) is 25.2 Å². The minimum atomic E-state index is -0.879. The van der Waals surface area contributed by atoms with Crippen molar-refractivity contribution >= 4 is 11.9 Å². The minimum Gasteiger partial charge on any atom is -0.508 e. The van der Waals surface area contributed by atoms with Gasteiger partial charge in [0.25, 0.3) is 0 Å². The predicted octanol–water partition coefficient (Wildman–Crippen LogP) is 6.38. The lowest BCUT2D eigenvalue weighted by atomic mass is 9.55. The Kier molecular flexibility index (Phi) is 8.52. The summed E-state index contributed by atoms with van der Waals surface area (Å²) in [4.78, 5) is 20.4. The zero-order valence-corrected chi connectivity index (χ0v) is 21.7. The normalized spacial score (nSPS) is 26.7. The minimum absolute atomic E-state index is 0.0883. The lowest BCUT2D eigenvalue weighted by Gasteiger charge is -2.50. The van der Waals surface area contributed by atoms with Crippen molar-refractivity contribution in [2.24, 2.45) is 17.3 Å². The Morgan fingerprint density at radius 2 is 1.37 bits per heavy atom. The molecule has 3 aromatic rings. The number of carboxylic acids is 2. The number of phenolic OH excluding ortho intramolecular Hbond substituents is 1. The summed E-state index contributed by atoms with van der Waals surface area (Å²) >= 11 is 0. The zero-order valence-electron chi connectivity index (χ0n) is 21.7. The molecule has 6 heteroatoms. The lowest BCUT2D eigenvalue weighted by molar-refractivity contribution is -0.0226. The van der Waals surface area contributed by atoms with Crippen LogP contribution >= 0.6 is 0 Å². The van der Waals surface area contributed by atoms with Crippen LogP contribution in [-0.4, -0.2) is 38.5 Å². The molecular formula is C32H36O6. The van der Waals surface area contributed by atoms with Gasteiger partial charge in [-0.25, -0.2) is 9.59 Å². The molecule has 6 rings (SSSR count). The molecule has 0 saturated heterocycles. The van der Waals surface area contributed by atoms with Crippen LogP contribution in [0, 0.1) is 17.3 Å². The molecule has 0 radical (unpaired) electrons. The highest BCUT2D eigenvalue weighted by Crippen LogP contribution is 2.60. The van der Waals surface area contributed by atoms with Crippen molar-refractivity contribution in [3.05, 3.63) is 101 Å². The summed E-state index contributed by atoms with van der Waals surface area (Å²) in [5.41, 5.74) is 3.65. The van der Waals surface area contributed by atoms with Crippen molar-refractivity contribution < 1.29 is 30.0 Å². The number of hydrogen-bond acceptors (Lipinski definition) is 4. The van der Waals surface area contributed by atoms with Gasteiger partial charge in [-0.1, -0.05) is 49.4 Å². The van der Waals surface area contributed by atoms with Gasteiger partial charge in [-0.15, -0.1) is 0 Å². The Bertz CT molecular complexity index is 1190. The monoisotopic (exact) mass is 516 g/mol. The molecule has 0 bridgehead atoms. The number of carboxylic acid groups (broad SMARTS) is 2. The molecule has 0 aliphatic heterocycles. The Balaban J connectivity index is 0.000000156. The molecule has 6 nitrogen and oxygen atoms in total. The van der Waals surface area contributed by atoms with E-state index in [4.69, 9.17) is 10.2 Å². The van der Waals surface area contributed by atoms with Gasteiger partial charge in [0.1, 0.15) is 5.75 Å². The highest BCUT2D eigenvalue weighted by molar-refractivity contribution is 5.87. The fourth-order valence-corrected chi connectivity index (χ4v) is 6.70. The third-order valence-corrected chi connectivity index (χ3v) is 8.70. The van der Waals surface area contributed by atoms with Crippen LogP contribution in [0.2, 0.25) is 0 Å². The standard InChI is InChI=1S/C18H24O2.2C7H6O2/c1-18-9-8-14-13-5-3-12(19)10-11(13)2-4-15(14)16(18)6-7-17(18)20;2*8-7(9)6-4-2-1-3-5-6/h3,5,10,14-17,19-20H,2,4,6-9H2,1H3;2*1-5H,(H,8,9)/t14-,15-,16+,17+,18+;;/m1../s1. The molecule has 0 amide bonds. The highest BCUT2D eigenvalue weighted by Gasteiger charge is 2.54. The maximum absolute atomic E-state index is 10.4. The fourth-order valence-electron chi connectivity index (χ4n) is 6.70. The number of carbonyl (C=O) groups is 2. The van der Waals surface area contributed by atoms with Crippen molar-refractivity contribution in [1.82, 2.24) is 0 Å². The van der Waals surface area contributed by atoms with Crippen molar-refractivity contribution in [3.63, 3.8) is 0 Å². The van der Waals surface area contributed by atoms with E-state index >= 15 is 0 Å². The molecule has 2 fully saturated rings. The molecule has 200 valence electrons. The number of aromatic carboxylic acids is 2. The third-order valence-electron chi connectivity index (χ3n) is 8.70. The van der Waals surface area contributed by atoms with E-state index in [1.54, 1.807) is 60.7 Å². The molecule has 0 spiro atoms. The number of hydrogen-bond donors (Lipinski definition) is 4. The SMILES string of the molecule is C[C@]12CC[C@@H]3c4ccc(O)cc4CC[C@H]3[C@@H]1CC[C@@H]2O.O=C(O)c1ccccc1.O=C(O)c1ccccc1. The van der Waals surface area contributed by atoms with E-state index in [-0.39, 0.29) is 11.5 Å². The summed E-state index contributed by atoms with van der Waals surface area (Å²) in [5, 5.41) is 36.8. The number of aryl methyl sites for hydroxylation is 1. The molecule has 3 aromatic carbocycles. The first-order chi connectivity index (χ1) is 18.2. The molecule has 0 unspecified atom stereocenters. The average molecular weight is 517 g/mol. The number of phenols is 1. The molecule has 4 N–H and O–H groups in total. The van der Waals surface area contributed by atoms with Crippen LogP contribution < -0.4 is 0 Å². The van der Waals surface area contributed by atoms with Gasteiger partial charge in [-0.3, -0.25) is 0 Å². The summed E-state index contributed by atoms with van der Waals surface area (Å²) in [6.07, 6.45) is 6.78. The number of aliphatic hydroxyl groups excluding tert-OH is 1. The Morgan fingerprint density at radius 1 is 0.789 bits per heavy atom. The number of rotatable bonds is 2. The van der Waals surface area contributed by atoms with Gasteiger partial charge in [-0.05, 0) is 109 Å². The average Bonchev–Trinajstić information content (AvgIpc) is 3.24. The van der Waals surface area contributed by atoms with Gasteiger partial charge in [0.2, 0.25) is 0 Å². The smallest absolute Gasteiger partial charge is 0.335 e.